The Bertz CT molecular complexity index is 372. The molecule has 0 radical (unpaired) electrons. The quantitative estimate of drug-likeness (QED) is 0.583. The van der Waals surface area contributed by atoms with Crippen molar-refractivity contribution >= 4 is 19.4 Å². The van der Waals surface area contributed by atoms with E-state index in [1.807, 2.05) is 0 Å². The van der Waals surface area contributed by atoms with Crippen LogP contribution in [0, 0.1) is 0 Å². The van der Waals surface area contributed by atoms with Gasteiger partial charge in [0, 0.05) is 0 Å². The van der Waals surface area contributed by atoms with Gasteiger partial charge in [0.2, 0.25) is 0 Å². The SMILES string of the molecule is O=S(=O)(O)c1cccc(CP)c1. The fraction of sp³-hybridized carbons (Fsp3) is 0.143. The third-order valence-corrected chi connectivity index (χ3v) is 2.75. The van der Waals surface area contributed by atoms with Crippen molar-refractivity contribution in [2.45, 2.75) is 11.1 Å². The lowest BCUT2D eigenvalue weighted by Crippen LogP contribution is -1.97. The first kappa shape index (κ1) is 9.65. The van der Waals surface area contributed by atoms with Crippen LogP contribution >= 0.6 is 9.24 Å². The zero-order chi connectivity index (χ0) is 9.19. The highest BCUT2D eigenvalue weighted by molar-refractivity contribution is 7.85. The van der Waals surface area contributed by atoms with Crippen molar-refractivity contribution in [1.29, 1.82) is 0 Å². The molecule has 12 heavy (non-hydrogen) atoms. The van der Waals surface area contributed by atoms with Crippen LogP contribution < -0.4 is 0 Å². The summed E-state index contributed by atoms with van der Waals surface area (Å²) in [5, 5.41) is 0. The Morgan fingerprint density at radius 2 is 2.08 bits per heavy atom. The molecule has 66 valence electrons. The topological polar surface area (TPSA) is 54.4 Å². The normalized spacial score (nSPS) is 11.5. The molecule has 0 saturated carbocycles. The number of rotatable bonds is 2. The predicted octanol–water partition coefficient (Wildman–Crippen LogP) is 1.31. The molecule has 1 N–H and O–H groups in total. The van der Waals surface area contributed by atoms with Crippen LogP contribution in [0.4, 0.5) is 0 Å². The van der Waals surface area contributed by atoms with Gasteiger partial charge in [0.1, 0.15) is 0 Å². The molecule has 1 rings (SSSR count). The van der Waals surface area contributed by atoms with Crippen molar-refractivity contribution in [3.05, 3.63) is 29.8 Å². The zero-order valence-electron chi connectivity index (χ0n) is 6.27. The summed E-state index contributed by atoms with van der Waals surface area (Å²) in [5.74, 6) is 0. The molecular weight excluding hydrogens is 195 g/mol. The smallest absolute Gasteiger partial charge is 0.282 e. The monoisotopic (exact) mass is 204 g/mol. The molecule has 0 fully saturated rings. The standard InChI is InChI=1S/C7H9O3PS/c8-12(9,10)7-3-1-2-6(4-7)5-11/h1-4H,5,11H2,(H,8,9,10). The van der Waals surface area contributed by atoms with Crippen molar-refractivity contribution in [2.75, 3.05) is 0 Å². The third kappa shape index (κ3) is 2.27. The van der Waals surface area contributed by atoms with E-state index in [-0.39, 0.29) is 4.90 Å². The molecule has 1 aromatic carbocycles. The summed E-state index contributed by atoms with van der Waals surface area (Å²) in [7, 11) is -1.56. The van der Waals surface area contributed by atoms with Crippen LogP contribution in [0.15, 0.2) is 29.2 Å². The molecule has 0 bridgehead atoms. The lowest BCUT2D eigenvalue weighted by atomic mass is 10.2. The summed E-state index contributed by atoms with van der Waals surface area (Å²) in [4.78, 5) is -0.0533. The van der Waals surface area contributed by atoms with Crippen LogP contribution in [0.2, 0.25) is 0 Å². The van der Waals surface area contributed by atoms with Gasteiger partial charge in [-0.25, -0.2) is 0 Å². The van der Waals surface area contributed by atoms with Crippen molar-refractivity contribution in [2.24, 2.45) is 0 Å². The first-order valence-electron chi connectivity index (χ1n) is 3.30. The van der Waals surface area contributed by atoms with Crippen molar-refractivity contribution in [3.63, 3.8) is 0 Å². The first-order chi connectivity index (χ1) is 5.54. The van der Waals surface area contributed by atoms with Crippen molar-refractivity contribution in [3.8, 4) is 0 Å². The molecule has 1 atom stereocenters. The molecule has 5 heteroatoms. The molecular formula is C7H9O3PS. The Labute approximate surface area is 73.8 Å². The fourth-order valence-corrected chi connectivity index (χ4v) is 1.64. The summed E-state index contributed by atoms with van der Waals surface area (Å²) in [6.07, 6.45) is 0.670. The zero-order valence-corrected chi connectivity index (χ0v) is 8.24. The van der Waals surface area contributed by atoms with Gasteiger partial charge in [-0.2, -0.15) is 8.42 Å². The Hall–Kier alpha value is -0.440. The molecule has 0 aliphatic heterocycles. The van der Waals surface area contributed by atoms with E-state index in [2.05, 4.69) is 9.24 Å². The summed E-state index contributed by atoms with van der Waals surface area (Å²) in [6, 6.07) is 6.20. The second-order valence-corrected chi connectivity index (χ2v) is 4.16. The predicted molar refractivity (Wildman–Crippen MR) is 49.7 cm³/mol. The van der Waals surface area contributed by atoms with E-state index < -0.39 is 10.1 Å². The van der Waals surface area contributed by atoms with Gasteiger partial charge in [0.05, 0.1) is 4.90 Å². The van der Waals surface area contributed by atoms with E-state index in [0.717, 1.165) is 5.56 Å². The van der Waals surface area contributed by atoms with Gasteiger partial charge in [0.15, 0.2) is 0 Å². The van der Waals surface area contributed by atoms with E-state index in [9.17, 15) is 8.42 Å². The van der Waals surface area contributed by atoms with Gasteiger partial charge in [-0.15, -0.1) is 9.24 Å². The van der Waals surface area contributed by atoms with E-state index in [1.165, 1.54) is 12.1 Å². The average Bonchev–Trinajstić information content (AvgIpc) is 2.03. The maximum absolute atomic E-state index is 10.6. The largest absolute Gasteiger partial charge is 0.294 e. The molecule has 0 aromatic heterocycles. The minimum atomic E-state index is -4.04. The Kier molecular flexibility index (Phi) is 2.83. The van der Waals surface area contributed by atoms with Gasteiger partial charge in [-0.1, -0.05) is 12.1 Å². The van der Waals surface area contributed by atoms with Crippen molar-refractivity contribution < 1.29 is 13.0 Å². The lowest BCUT2D eigenvalue weighted by molar-refractivity contribution is 0.483. The van der Waals surface area contributed by atoms with Crippen LogP contribution in [0.3, 0.4) is 0 Å². The molecule has 1 aromatic rings. The van der Waals surface area contributed by atoms with Crippen LogP contribution in [0.5, 0.6) is 0 Å². The highest BCUT2D eigenvalue weighted by atomic mass is 32.2. The molecule has 0 heterocycles. The molecule has 0 saturated heterocycles. The molecule has 0 aliphatic rings. The Balaban J connectivity index is 3.20. The molecule has 3 nitrogen and oxygen atoms in total. The first-order valence-corrected chi connectivity index (χ1v) is 5.56. The van der Waals surface area contributed by atoms with E-state index in [4.69, 9.17) is 4.55 Å². The Morgan fingerprint density at radius 1 is 1.42 bits per heavy atom. The summed E-state index contributed by atoms with van der Waals surface area (Å²) in [6.45, 7) is 0. The molecule has 1 unspecified atom stereocenters. The minimum absolute atomic E-state index is 0.0533. The number of benzene rings is 1. The molecule has 0 aliphatic carbocycles. The van der Waals surface area contributed by atoms with Crippen LogP contribution in [-0.2, 0) is 16.3 Å². The highest BCUT2D eigenvalue weighted by Gasteiger charge is 2.08. The second-order valence-electron chi connectivity index (χ2n) is 2.33. The molecule has 0 spiro atoms. The fourth-order valence-electron chi connectivity index (χ4n) is 0.833. The lowest BCUT2D eigenvalue weighted by Gasteiger charge is -1.98. The Morgan fingerprint density at radius 3 is 2.58 bits per heavy atom. The van der Waals surface area contributed by atoms with Gasteiger partial charge in [0.25, 0.3) is 10.1 Å². The molecule has 0 amide bonds. The second kappa shape index (κ2) is 3.52. The van der Waals surface area contributed by atoms with Gasteiger partial charge < -0.3 is 0 Å². The van der Waals surface area contributed by atoms with Gasteiger partial charge in [-0.05, 0) is 23.9 Å². The van der Waals surface area contributed by atoms with E-state index in [1.54, 1.807) is 12.1 Å². The van der Waals surface area contributed by atoms with Crippen LogP contribution in [0.25, 0.3) is 0 Å². The van der Waals surface area contributed by atoms with Crippen LogP contribution in [-0.4, -0.2) is 13.0 Å². The van der Waals surface area contributed by atoms with Gasteiger partial charge >= 0.3 is 0 Å². The van der Waals surface area contributed by atoms with E-state index >= 15 is 0 Å². The average molecular weight is 204 g/mol. The van der Waals surface area contributed by atoms with Crippen LogP contribution in [0.1, 0.15) is 5.56 Å². The summed E-state index contributed by atoms with van der Waals surface area (Å²) < 4.78 is 30.0. The van der Waals surface area contributed by atoms with Crippen molar-refractivity contribution in [1.82, 2.24) is 0 Å². The number of hydrogen-bond acceptors (Lipinski definition) is 2. The number of hydrogen-bond donors (Lipinski definition) is 1. The summed E-state index contributed by atoms with van der Waals surface area (Å²) in [5.41, 5.74) is 0.857. The minimum Gasteiger partial charge on any atom is -0.282 e. The van der Waals surface area contributed by atoms with E-state index in [0.29, 0.717) is 6.16 Å². The maximum atomic E-state index is 10.6. The maximum Gasteiger partial charge on any atom is 0.294 e. The third-order valence-electron chi connectivity index (χ3n) is 1.43. The highest BCUT2D eigenvalue weighted by Crippen LogP contribution is 2.12. The van der Waals surface area contributed by atoms with Gasteiger partial charge in [-0.3, -0.25) is 4.55 Å². The summed E-state index contributed by atoms with van der Waals surface area (Å²) >= 11 is 0.